The third-order valence-corrected chi connectivity index (χ3v) is 9.36. The lowest BCUT2D eigenvalue weighted by Crippen LogP contribution is -2.45. The Hall–Kier alpha value is -0.383. The minimum atomic E-state index is -1.74. The Labute approximate surface area is 139 Å². The molecule has 0 bridgehead atoms. The van der Waals surface area contributed by atoms with Crippen molar-refractivity contribution in [3.63, 3.8) is 0 Å². The maximum Gasteiger partial charge on any atom is 0.192 e. The van der Waals surface area contributed by atoms with Crippen molar-refractivity contribution in [1.29, 1.82) is 0 Å². The summed E-state index contributed by atoms with van der Waals surface area (Å²) < 4.78 is 12.7. The fourth-order valence-electron chi connectivity index (χ4n) is 2.30. The van der Waals surface area contributed by atoms with E-state index in [2.05, 4.69) is 65.1 Å². The van der Waals surface area contributed by atoms with Gasteiger partial charge in [0, 0.05) is 0 Å². The molecule has 0 saturated carbocycles. The second kappa shape index (κ2) is 9.04. The summed E-state index contributed by atoms with van der Waals surface area (Å²) >= 11 is 0. The van der Waals surface area contributed by atoms with Crippen molar-refractivity contribution in [2.24, 2.45) is 0 Å². The zero-order valence-corrected chi connectivity index (χ0v) is 16.5. The molecule has 2 nitrogen and oxygen atoms in total. The maximum absolute atomic E-state index is 6.54. The van der Waals surface area contributed by atoms with Crippen LogP contribution in [0.2, 0.25) is 18.1 Å². The summed E-state index contributed by atoms with van der Waals surface area (Å²) in [5.74, 6) is 0. The molecule has 0 aromatic heterocycles. The lowest BCUT2D eigenvalue weighted by molar-refractivity contribution is 0.0128. The van der Waals surface area contributed by atoms with E-state index in [1.807, 2.05) is 0 Å². The normalized spacial score (nSPS) is 26.8. The van der Waals surface area contributed by atoms with E-state index in [9.17, 15) is 0 Å². The van der Waals surface area contributed by atoms with Crippen molar-refractivity contribution in [2.45, 2.75) is 90.1 Å². The van der Waals surface area contributed by atoms with Crippen LogP contribution < -0.4 is 0 Å². The van der Waals surface area contributed by atoms with Crippen molar-refractivity contribution in [2.75, 3.05) is 6.61 Å². The summed E-state index contributed by atoms with van der Waals surface area (Å²) in [5.41, 5.74) is 0. The van der Waals surface area contributed by atoms with Gasteiger partial charge in [0.05, 0.1) is 18.8 Å². The van der Waals surface area contributed by atoms with E-state index in [0.717, 1.165) is 12.8 Å². The molecule has 0 aromatic rings. The molecular formula is C19H36O2Si. The monoisotopic (exact) mass is 324 g/mol. The van der Waals surface area contributed by atoms with Crippen molar-refractivity contribution in [1.82, 2.24) is 0 Å². The Morgan fingerprint density at radius 3 is 2.55 bits per heavy atom. The standard InChI is InChI=1S/C19H36O2Si/c1-7-8-10-13-17-14-11-9-12-15-18(16-20-17)21-22(5,6)19(2,3)4/h9,11-12,14,17-18H,7-8,10,13,15-16H2,1-6H3/b12-9-,14-11-. The van der Waals surface area contributed by atoms with Crippen LogP contribution in [0.25, 0.3) is 0 Å². The van der Waals surface area contributed by atoms with E-state index in [1.54, 1.807) is 0 Å². The quantitative estimate of drug-likeness (QED) is 0.450. The summed E-state index contributed by atoms with van der Waals surface area (Å²) in [5, 5.41) is 0.244. The van der Waals surface area contributed by atoms with E-state index in [1.165, 1.54) is 19.3 Å². The molecule has 2 atom stereocenters. The molecule has 0 N–H and O–H groups in total. The van der Waals surface area contributed by atoms with Gasteiger partial charge in [0.25, 0.3) is 0 Å². The third-order valence-electron chi connectivity index (χ3n) is 4.83. The Morgan fingerprint density at radius 1 is 1.18 bits per heavy atom. The van der Waals surface area contributed by atoms with E-state index < -0.39 is 8.32 Å². The van der Waals surface area contributed by atoms with Gasteiger partial charge in [0.2, 0.25) is 0 Å². The second-order valence-electron chi connectivity index (χ2n) is 7.92. The highest BCUT2D eigenvalue weighted by Crippen LogP contribution is 2.37. The number of unbranched alkanes of at least 4 members (excludes halogenated alkanes) is 2. The third kappa shape index (κ3) is 6.80. The zero-order chi connectivity index (χ0) is 16.6. The van der Waals surface area contributed by atoms with Gasteiger partial charge in [-0.25, -0.2) is 0 Å². The van der Waals surface area contributed by atoms with Crippen LogP contribution in [0.5, 0.6) is 0 Å². The van der Waals surface area contributed by atoms with E-state index >= 15 is 0 Å². The first kappa shape index (κ1) is 19.7. The second-order valence-corrected chi connectivity index (χ2v) is 12.7. The van der Waals surface area contributed by atoms with Crippen LogP contribution in [0.3, 0.4) is 0 Å². The Balaban J connectivity index is 2.60. The lowest BCUT2D eigenvalue weighted by Gasteiger charge is -2.39. The summed E-state index contributed by atoms with van der Waals surface area (Å²) in [4.78, 5) is 0. The van der Waals surface area contributed by atoms with Gasteiger partial charge in [-0.1, -0.05) is 71.3 Å². The van der Waals surface area contributed by atoms with Crippen LogP contribution in [0, 0.1) is 0 Å². The highest BCUT2D eigenvalue weighted by Gasteiger charge is 2.39. The summed E-state index contributed by atoms with van der Waals surface area (Å²) in [6.07, 6.45) is 14.9. The minimum Gasteiger partial charge on any atom is -0.411 e. The maximum atomic E-state index is 6.54. The molecule has 0 radical (unpaired) electrons. The van der Waals surface area contributed by atoms with Gasteiger partial charge in [0.15, 0.2) is 8.32 Å². The van der Waals surface area contributed by atoms with Crippen LogP contribution in [0.1, 0.15) is 59.8 Å². The largest absolute Gasteiger partial charge is 0.411 e. The lowest BCUT2D eigenvalue weighted by atomic mass is 10.1. The predicted molar refractivity (Wildman–Crippen MR) is 98.8 cm³/mol. The van der Waals surface area contributed by atoms with Crippen molar-refractivity contribution in [3.8, 4) is 0 Å². The molecule has 2 unspecified atom stereocenters. The Kier molecular flexibility index (Phi) is 8.08. The molecule has 128 valence electrons. The highest BCUT2D eigenvalue weighted by molar-refractivity contribution is 6.74. The SMILES string of the molecule is CCCCCC1/C=C\C=C/CC(O[Si](C)(C)C(C)(C)C)CO1. The first-order valence-corrected chi connectivity index (χ1v) is 11.8. The molecule has 1 aliphatic heterocycles. The van der Waals surface area contributed by atoms with E-state index in [4.69, 9.17) is 9.16 Å². The first-order valence-electron chi connectivity index (χ1n) is 8.89. The van der Waals surface area contributed by atoms with Crippen LogP contribution in [0.15, 0.2) is 24.3 Å². The van der Waals surface area contributed by atoms with Gasteiger partial charge in [-0.2, -0.15) is 0 Å². The number of hydrogen-bond donors (Lipinski definition) is 0. The molecule has 0 amide bonds. The van der Waals surface area contributed by atoms with Gasteiger partial charge in [-0.05, 0) is 31.0 Å². The highest BCUT2D eigenvalue weighted by atomic mass is 28.4. The molecule has 0 aliphatic carbocycles. The van der Waals surface area contributed by atoms with Gasteiger partial charge in [-0.15, -0.1) is 0 Å². The fourth-order valence-corrected chi connectivity index (χ4v) is 3.65. The summed E-state index contributed by atoms with van der Waals surface area (Å²) in [6, 6.07) is 0. The van der Waals surface area contributed by atoms with Crippen LogP contribution in [-0.2, 0) is 9.16 Å². The number of rotatable bonds is 6. The molecule has 0 saturated heterocycles. The Morgan fingerprint density at radius 2 is 1.91 bits per heavy atom. The molecule has 0 fully saturated rings. The molecule has 0 aromatic carbocycles. The average molecular weight is 325 g/mol. The molecule has 3 heteroatoms. The zero-order valence-electron chi connectivity index (χ0n) is 15.5. The van der Waals surface area contributed by atoms with Crippen LogP contribution >= 0.6 is 0 Å². The van der Waals surface area contributed by atoms with E-state index in [-0.39, 0.29) is 17.2 Å². The molecule has 22 heavy (non-hydrogen) atoms. The van der Waals surface area contributed by atoms with Crippen molar-refractivity contribution < 1.29 is 9.16 Å². The van der Waals surface area contributed by atoms with Gasteiger partial charge in [0.1, 0.15) is 0 Å². The van der Waals surface area contributed by atoms with Gasteiger partial charge >= 0.3 is 0 Å². The van der Waals surface area contributed by atoms with Crippen LogP contribution in [-0.4, -0.2) is 27.1 Å². The smallest absolute Gasteiger partial charge is 0.192 e. The number of hydrogen-bond acceptors (Lipinski definition) is 2. The first-order chi connectivity index (χ1) is 10.3. The van der Waals surface area contributed by atoms with Gasteiger partial charge in [-0.3, -0.25) is 0 Å². The Bertz CT molecular complexity index is 366. The van der Waals surface area contributed by atoms with E-state index in [0.29, 0.717) is 6.61 Å². The molecule has 1 heterocycles. The number of allylic oxidation sites excluding steroid dienone is 2. The summed E-state index contributed by atoms with van der Waals surface area (Å²) in [7, 11) is -1.74. The fraction of sp³-hybridized carbons (Fsp3) is 0.789. The molecule has 0 spiro atoms. The molecular weight excluding hydrogens is 288 g/mol. The topological polar surface area (TPSA) is 18.5 Å². The van der Waals surface area contributed by atoms with Crippen LogP contribution in [0.4, 0.5) is 0 Å². The minimum absolute atomic E-state index is 0.186. The molecule has 1 aliphatic rings. The molecule has 1 rings (SSSR count). The summed E-state index contributed by atoms with van der Waals surface area (Å²) in [6.45, 7) is 14.5. The van der Waals surface area contributed by atoms with Crippen molar-refractivity contribution >= 4 is 8.32 Å². The van der Waals surface area contributed by atoms with Crippen molar-refractivity contribution in [3.05, 3.63) is 24.3 Å². The number of ether oxygens (including phenoxy) is 1. The van der Waals surface area contributed by atoms with Gasteiger partial charge < -0.3 is 9.16 Å². The predicted octanol–water partition coefficient (Wildman–Crippen LogP) is 5.86. The average Bonchev–Trinajstić information content (AvgIpc) is 2.51.